The van der Waals surface area contributed by atoms with Gasteiger partial charge in [0.15, 0.2) is 9.84 Å². The van der Waals surface area contributed by atoms with E-state index in [0.29, 0.717) is 4.47 Å². The number of benzene rings is 1. The quantitative estimate of drug-likeness (QED) is 0.823. The molecule has 1 N–H and O–H groups in total. The lowest BCUT2D eigenvalue weighted by Crippen LogP contribution is -1.97. The van der Waals surface area contributed by atoms with Crippen LogP contribution in [0.2, 0.25) is 0 Å². The molecule has 0 atom stereocenters. The smallest absolute Gasteiger partial charge is 0.176 e. The Morgan fingerprint density at radius 3 is 2.42 bits per heavy atom. The summed E-state index contributed by atoms with van der Waals surface area (Å²) < 4.78 is 22.5. The molecule has 1 rings (SSSR count). The molecular weight excluding hydrogens is 244 g/mol. The van der Waals surface area contributed by atoms with Gasteiger partial charge in [-0.1, -0.05) is 0 Å². The zero-order valence-electron chi connectivity index (χ0n) is 6.28. The molecule has 0 heterocycles. The zero-order chi connectivity index (χ0) is 9.35. The van der Waals surface area contributed by atoms with Crippen LogP contribution in [0.1, 0.15) is 0 Å². The summed E-state index contributed by atoms with van der Waals surface area (Å²) in [7, 11) is -3.21. The first kappa shape index (κ1) is 9.54. The highest BCUT2D eigenvalue weighted by Crippen LogP contribution is 2.25. The second kappa shape index (κ2) is 3.06. The van der Waals surface area contributed by atoms with Gasteiger partial charge in [-0.2, -0.15) is 0 Å². The molecule has 12 heavy (non-hydrogen) atoms. The van der Waals surface area contributed by atoms with Crippen LogP contribution in [0.15, 0.2) is 27.6 Å². The van der Waals surface area contributed by atoms with Crippen LogP contribution in [0.4, 0.5) is 0 Å². The minimum Gasteiger partial charge on any atom is -0.508 e. The Kier molecular flexibility index (Phi) is 2.44. The summed E-state index contributed by atoms with van der Waals surface area (Å²) >= 11 is 3.04. The molecule has 0 unspecified atom stereocenters. The Hall–Kier alpha value is -0.550. The number of phenolic OH excluding ortho intramolecular Hbond substituents is 1. The van der Waals surface area contributed by atoms with Crippen LogP contribution in [0, 0.1) is 0 Å². The number of hydrogen-bond acceptors (Lipinski definition) is 3. The molecule has 0 saturated carbocycles. The van der Waals surface area contributed by atoms with E-state index < -0.39 is 9.84 Å². The van der Waals surface area contributed by atoms with E-state index in [-0.39, 0.29) is 10.6 Å². The predicted molar refractivity (Wildman–Crippen MR) is 48.9 cm³/mol. The van der Waals surface area contributed by atoms with Gasteiger partial charge in [0, 0.05) is 10.7 Å². The summed E-state index contributed by atoms with van der Waals surface area (Å²) in [6.07, 6.45) is 1.12. The number of rotatable bonds is 1. The summed E-state index contributed by atoms with van der Waals surface area (Å²) in [6.45, 7) is 0. The Balaban J connectivity index is 3.39. The molecule has 3 nitrogen and oxygen atoms in total. The van der Waals surface area contributed by atoms with Crippen LogP contribution < -0.4 is 0 Å². The fourth-order valence-electron chi connectivity index (χ4n) is 0.790. The standard InChI is InChI=1S/C7H7BrO3S/c1-12(10,11)7-3-2-5(9)4-6(7)8/h2-4,9H,1H3. The van der Waals surface area contributed by atoms with E-state index in [1.807, 2.05) is 0 Å². The van der Waals surface area contributed by atoms with Gasteiger partial charge in [-0.3, -0.25) is 0 Å². The van der Waals surface area contributed by atoms with Gasteiger partial charge in [0.1, 0.15) is 5.75 Å². The van der Waals surface area contributed by atoms with Crippen LogP contribution >= 0.6 is 15.9 Å². The van der Waals surface area contributed by atoms with Crippen molar-refractivity contribution in [2.45, 2.75) is 4.90 Å². The third kappa shape index (κ3) is 1.98. The van der Waals surface area contributed by atoms with Gasteiger partial charge in [-0.05, 0) is 34.1 Å². The highest BCUT2D eigenvalue weighted by Gasteiger charge is 2.11. The summed E-state index contributed by atoms with van der Waals surface area (Å²) in [4.78, 5) is 0.181. The first-order valence-corrected chi connectivity index (χ1v) is 5.78. The van der Waals surface area contributed by atoms with Crippen molar-refractivity contribution in [2.24, 2.45) is 0 Å². The maximum Gasteiger partial charge on any atom is 0.176 e. The number of hydrogen-bond donors (Lipinski definition) is 1. The molecular formula is C7H7BrO3S. The van der Waals surface area contributed by atoms with Gasteiger partial charge >= 0.3 is 0 Å². The maximum atomic E-state index is 11.1. The van der Waals surface area contributed by atoms with Crippen molar-refractivity contribution in [1.82, 2.24) is 0 Å². The van der Waals surface area contributed by atoms with Crippen molar-refractivity contribution in [2.75, 3.05) is 6.26 Å². The first-order chi connectivity index (χ1) is 5.41. The van der Waals surface area contributed by atoms with Crippen LogP contribution in [0.3, 0.4) is 0 Å². The monoisotopic (exact) mass is 250 g/mol. The number of aromatic hydroxyl groups is 1. The molecule has 66 valence electrons. The average Bonchev–Trinajstić information content (AvgIpc) is 1.83. The lowest BCUT2D eigenvalue weighted by atomic mass is 10.3. The fraction of sp³-hybridized carbons (Fsp3) is 0.143. The normalized spacial score (nSPS) is 11.5. The van der Waals surface area contributed by atoms with Crippen molar-refractivity contribution < 1.29 is 13.5 Å². The Labute approximate surface area is 79.1 Å². The summed E-state index contributed by atoms with van der Waals surface area (Å²) in [5.74, 6) is 0.0364. The molecule has 0 aliphatic heterocycles. The number of sulfone groups is 1. The van der Waals surface area contributed by atoms with Crippen LogP contribution in [-0.4, -0.2) is 19.8 Å². The molecule has 0 radical (unpaired) electrons. The molecule has 0 amide bonds. The minimum atomic E-state index is -3.21. The van der Waals surface area contributed by atoms with Crippen molar-refractivity contribution in [1.29, 1.82) is 0 Å². The topological polar surface area (TPSA) is 54.4 Å². The van der Waals surface area contributed by atoms with Crippen molar-refractivity contribution in [3.63, 3.8) is 0 Å². The highest BCUT2D eigenvalue weighted by molar-refractivity contribution is 9.10. The van der Waals surface area contributed by atoms with Crippen LogP contribution in [0.5, 0.6) is 5.75 Å². The molecule has 1 aromatic rings. The third-order valence-electron chi connectivity index (χ3n) is 1.31. The Bertz CT molecular complexity index is 397. The van der Waals surface area contributed by atoms with Gasteiger partial charge in [-0.25, -0.2) is 8.42 Å². The zero-order valence-corrected chi connectivity index (χ0v) is 8.68. The average molecular weight is 251 g/mol. The van der Waals surface area contributed by atoms with E-state index in [9.17, 15) is 8.42 Å². The van der Waals surface area contributed by atoms with Crippen molar-refractivity contribution >= 4 is 25.8 Å². The van der Waals surface area contributed by atoms with E-state index in [1.165, 1.54) is 18.2 Å². The molecule has 0 spiro atoms. The molecule has 0 aliphatic rings. The van der Waals surface area contributed by atoms with E-state index in [4.69, 9.17) is 5.11 Å². The first-order valence-electron chi connectivity index (χ1n) is 3.10. The van der Waals surface area contributed by atoms with Gasteiger partial charge in [0.25, 0.3) is 0 Å². The van der Waals surface area contributed by atoms with Gasteiger partial charge in [0.05, 0.1) is 4.90 Å². The molecule has 5 heteroatoms. The van der Waals surface area contributed by atoms with Crippen LogP contribution in [-0.2, 0) is 9.84 Å². The molecule has 1 aromatic carbocycles. The van der Waals surface area contributed by atoms with E-state index in [1.54, 1.807) is 0 Å². The van der Waals surface area contributed by atoms with Gasteiger partial charge < -0.3 is 5.11 Å². The second-order valence-electron chi connectivity index (χ2n) is 2.39. The lowest BCUT2D eigenvalue weighted by molar-refractivity contribution is 0.474. The molecule has 0 saturated heterocycles. The lowest BCUT2D eigenvalue weighted by Gasteiger charge is -2.01. The summed E-state index contributed by atoms with van der Waals surface area (Å²) in [6, 6.07) is 4.03. The molecule has 0 aromatic heterocycles. The fourth-order valence-corrected chi connectivity index (χ4v) is 2.77. The molecule has 0 aliphatic carbocycles. The van der Waals surface area contributed by atoms with Crippen molar-refractivity contribution in [3.05, 3.63) is 22.7 Å². The van der Waals surface area contributed by atoms with Gasteiger partial charge in [-0.15, -0.1) is 0 Å². The summed E-state index contributed by atoms with van der Waals surface area (Å²) in [5, 5.41) is 8.98. The van der Waals surface area contributed by atoms with E-state index >= 15 is 0 Å². The number of halogens is 1. The van der Waals surface area contributed by atoms with Gasteiger partial charge in [0.2, 0.25) is 0 Å². The summed E-state index contributed by atoms with van der Waals surface area (Å²) in [5.41, 5.74) is 0. The predicted octanol–water partition coefficient (Wildman–Crippen LogP) is 1.56. The third-order valence-corrected chi connectivity index (χ3v) is 3.39. The van der Waals surface area contributed by atoms with Crippen LogP contribution in [0.25, 0.3) is 0 Å². The van der Waals surface area contributed by atoms with E-state index in [2.05, 4.69) is 15.9 Å². The Morgan fingerprint density at radius 1 is 1.42 bits per heavy atom. The Morgan fingerprint density at radius 2 is 2.00 bits per heavy atom. The second-order valence-corrected chi connectivity index (χ2v) is 5.23. The minimum absolute atomic E-state index is 0.0364. The largest absolute Gasteiger partial charge is 0.508 e. The number of phenols is 1. The highest BCUT2D eigenvalue weighted by atomic mass is 79.9. The SMILES string of the molecule is CS(=O)(=O)c1ccc(O)cc1Br. The maximum absolute atomic E-state index is 11.1. The van der Waals surface area contributed by atoms with E-state index in [0.717, 1.165) is 6.26 Å². The molecule has 0 fully saturated rings. The van der Waals surface area contributed by atoms with Crippen molar-refractivity contribution in [3.8, 4) is 5.75 Å². The molecule has 0 bridgehead atoms.